The Morgan fingerprint density at radius 2 is 1.97 bits per heavy atom. The van der Waals surface area contributed by atoms with Crippen molar-refractivity contribution < 1.29 is 17.9 Å². The fourth-order valence-corrected chi connectivity index (χ4v) is 3.90. The Labute approximate surface area is 174 Å². The number of ether oxygens (including phenoxy) is 2. The van der Waals surface area contributed by atoms with Crippen LogP contribution in [0.2, 0.25) is 0 Å². The molecule has 1 aliphatic rings. The van der Waals surface area contributed by atoms with Crippen molar-refractivity contribution in [1.82, 2.24) is 4.90 Å². The predicted octanol–water partition coefficient (Wildman–Crippen LogP) is 3.23. The molecule has 7 heteroatoms. The maximum atomic E-state index is 11.6. The van der Waals surface area contributed by atoms with Crippen molar-refractivity contribution in [3.63, 3.8) is 0 Å². The second-order valence-electron chi connectivity index (χ2n) is 7.50. The fraction of sp³-hybridized carbons (Fsp3) is 0.455. The van der Waals surface area contributed by atoms with Gasteiger partial charge in [0.15, 0.2) is 0 Å². The Kier molecular flexibility index (Phi) is 7.16. The summed E-state index contributed by atoms with van der Waals surface area (Å²) in [6.07, 6.45) is 2.24. The molecule has 1 unspecified atom stereocenters. The summed E-state index contributed by atoms with van der Waals surface area (Å²) in [5.74, 6) is 0.746. The molecule has 1 saturated heterocycles. The van der Waals surface area contributed by atoms with Crippen LogP contribution in [0.1, 0.15) is 23.7 Å². The van der Waals surface area contributed by atoms with Crippen molar-refractivity contribution in [1.29, 1.82) is 0 Å². The zero-order valence-electron chi connectivity index (χ0n) is 17.4. The monoisotopic (exact) mass is 418 g/mol. The molecular formula is C22H30N2O4S. The zero-order chi connectivity index (χ0) is 20.9. The lowest BCUT2D eigenvalue weighted by atomic mass is 10.1. The molecule has 1 heterocycles. The van der Waals surface area contributed by atoms with Gasteiger partial charge in [-0.15, -0.1) is 0 Å². The molecule has 0 radical (unpaired) electrons. The van der Waals surface area contributed by atoms with Gasteiger partial charge in [0.25, 0.3) is 0 Å². The molecule has 0 aliphatic carbocycles. The lowest BCUT2D eigenvalue weighted by molar-refractivity contribution is -0.0310. The Hall–Kier alpha value is -2.09. The minimum Gasteiger partial charge on any atom is -0.494 e. The molecule has 158 valence electrons. The van der Waals surface area contributed by atoms with Gasteiger partial charge >= 0.3 is 0 Å². The maximum absolute atomic E-state index is 11.6. The van der Waals surface area contributed by atoms with Crippen molar-refractivity contribution in [3.8, 4) is 5.75 Å². The average molecular weight is 419 g/mol. The van der Waals surface area contributed by atoms with Gasteiger partial charge in [0, 0.05) is 26.7 Å². The number of morpholine rings is 1. The van der Waals surface area contributed by atoms with Gasteiger partial charge in [-0.05, 0) is 43.2 Å². The summed E-state index contributed by atoms with van der Waals surface area (Å²) >= 11 is 0. The van der Waals surface area contributed by atoms with E-state index in [9.17, 15) is 8.42 Å². The number of anilines is 1. The third-order valence-electron chi connectivity index (χ3n) is 5.15. The number of nitrogens with zero attached hydrogens (tertiary/aromatic N) is 2. The first-order valence-corrected chi connectivity index (χ1v) is 11.7. The van der Waals surface area contributed by atoms with E-state index in [-0.39, 0.29) is 6.10 Å². The second kappa shape index (κ2) is 9.61. The predicted molar refractivity (Wildman–Crippen MR) is 116 cm³/mol. The van der Waals surface area contributed by atoms with E-state index in [2.05, 4.69) is 36.1 Å². The van der Waals surface area contributed by atoms with Gasteiger partial charge in [0.2, 0.25) is 10.0 Å². The fourth-order valence-electron chi connectivity index (χ4n) is 3.40. The van der Waals surface area contributed by atoms with E-state index in [0.29, 0.717) is 12.3 Å². The molecule has 3 rings (SSSR count). The van der Waals surface area contributed by atoms with Gasteiger partial charge < -0.3 is 9.47 Å². The molecule has 1 fully saturated rings. The van der Waals surface area contributed by atoms with Crippen LogP contribution in [0, 0.1) is 6.92 Å². The third-order valence-corrected chi connectivity index (χ3v) is 6.36. The number of benzene rings is 2. The van der Waals surface area contributed by atoms with Gasteiger partial charge in [-0.1, -0.05) is 29.8 Å². The normalized spacial score (nSPS) is 17.8. The van der Waals surface area contributed by atoms with E-state index >= 15 is 0 Å². The minimum atomic E-state index is -3.25. The Morgan fingerprint density at radius 3 is 2.66 bits per heavy atom. The first-order chi connectivity index (χ1) is 13.8. The summed E-state index contributed by atoms with van der Waals surface area (Å²) in [7, 11) is -1.71. The van der Waals surface area contributed by atoms with Crippen LogP contribution >= 0.6 is 0 Å². The maximum Gasteiger partial charge on any atom is 0.231 e. The molecule has 2 aromatic carbocycles. The third kappa shape index (κ3) is 6.19. The Balaban J connectivity index is 1.43. The van der Waals surface area contributed by atoms with Crippen molar-refractivity contribution in [2.24, 2.45) is 0 Å². The summed E-state index contributed by atoms with van der Waals surface area (Å²) in [5.41, 5.74) is 3.12. The van der Waals surface area contributed by atoms with E-state index in [0.717, 1.165) is 38.4 Å². The summed E-state index contributed by atoms with van der Waals surface area (Å²) < 4.78 is 36.2. The van der Waals surface area contributed by atoms with Crippen molar-refractivity contribution in [2.45, 2.75) is 19.4 Å². The summed E-state index contributed by atoms with van der Waals surface area (Å²) in [5, 5.41) is 0. The van der Waals surface area contributed by atoms with Gasteiger partial charge in [-0.2, -0.15) is 0 Å². The van der Waals surface area contributed by atoms with Crippen molar-refractivity contribution >= 4 is 15.7 Å². The first kappa shape index (κ1) is 21.6. The minimum absolute atomic E-state index is 0.129. The number of rotatable bonds is 8. The second-order valence-corrected chi connectivity index (χ2v) is 9.51. The molecule has 0 spiro atoms. The van der Waals surface area contributed by atoms with Crippen LogP contribution in [0.25, 0.3) is 0 Å². The number of hydrogen-bond acceptors (Lipinski definition) is 5. The van der Waals surface area contributed by atoms with Crippen LogP contribution in [-0.4, -0.2) is 59.5 Å². The largest absolute Gasteiger partial charge is 0.494 e. The Morgan fingerprint density at radius 1 is 1.21 bits per heavy atom. The van der Waals surface area contributed by atoms with E-state index in [1.54, 1.807) is 24.3 Å². The molecule has 0 bridgehead atoms. The molecule has 0 N–H and O–H groups in total. The smallest absolute Gasteiger partial charge is 0.231 e. The molecule has 2 aromatic rings. The molecule has 29 heavy (non-hydrogen) atoms. The van der Waals surface area contributed by atoms with Crippen molar-refractivity contribution in [3.05, 3.63) is 59.7 Å². The quantitative estimate of drug-likeness (QED) is 0.616. The summed E-state index contributed by atoms with van der Waals surface area (Å²) in [4.78, 5) is 2.42. The van der Waals surface area contributed by atoms with Crippen LogP contribution in [0.3, 0.4) is 0 Å². The molecule has 1 atom stereocenters. The molecule has 0 amide bonds. The van der Waals surface area contributed by atoms with Gasteiger partial charge in [-0.25, -0.2) is 8.42 Å². The number of hydrogen-bond donors (Lipinski definition) is 0. The van der Waals surface area contributed by atoms with E-state index in [1.165, 1.54) is 28.7 Å². The highest BCUT2D eigenvalue weighted by Gasteiger charge is 2.21. The summed E-state index contributed by atoms with van der Waals surface area (Å²) in [6.45, 7) is 6.26. The first-order valence-electron chi connectivity index (χ1n) is 9.90. The van der Waals surface area contributed by atoms with Gasteiger partial charge in [0.05, 0.1) is 31.3 Å². The molecule has 0 saturated carbocycles. The van der Waals surface area contributed by atoms with Gasteiger partial charge in [0.1, 0.15) is 5.75 Å². The molecular weight excluding hydrogens is 388 g/mol. The average Bonchev–Trinajstić information content (AvgIpc) is 2.71. The molecule has 0 aromatic heterocycles. The van der Waals surface area contributed by atoms with Gasteiger partial charge in [-0.3, -0.25) is 9.21 Å². The van der Waals surface area contributed by atoms with Crippen LogP contribution < -0.4 is 9.04 Å². The lowest BCUT2D eigenvalue weighted by Gasteiger charge is -2.33. The standard InChI is InChI=1S/C22H30N2O4S/c1-18-6-4-7-19(16-18)22-17-24(13-15-28-22)12-5-14-27-21-10-8-20(9-11-21)23(2)29(3,25)26/h4,6-11,16,22H,5,12-15,17H2,1-3H3. The topological polar surface area (TPSA) is 59.1 Å². The SMILES string of the molecule is Cc1cccc(C2CN(CCCOc3ccc(N(C)S(C)(=O)=O)cc3)CCO2)c1. The zero-order valence-corrected chi connectivity index (χ0v) is 18.2. The van der Waals surface area contributed by atoms with Crippen LogP contribution in [0.15, 0.2) is 48.5 Å². The van der Waals surface area contributed by atoms with E-state index < -0.39 is 10.0 Å². The van der Waals surface area contributed by atoms with Crippen LogP contribution in [0.5, 0.6) is 5.75 Å². The lowest BCUT2D eigenvalue weighted by Crippen LogP contribution is -2.39. The van der Waals surface area contributed by atoms with Crippen LogP contribution in [0.4, 0.5) is 5.69 Å². The highest BCUT2D eigenvalue weighted by atomic mass is 32.2. The van der Waals surface area contributed by atoms with E-state index in [1.807, 2.05) is 0 Å². The number of aryl methyl sites for hydroxylation is 1. The van der Waals surface area contributed by atoms with E-state index in [4.69, 9.17) is 9.47 Å². The Bertz CT molecular complexity index is 899. The van der Waals surface area contributed by atoms with Crippen molar-refractivity contribution in [2.75, 3.05) is 50.5 Å². The highest BCUT2D eigenvalue weighted by Crippen LogP contribution is 2.23. The molecule has 1 aliphatic heterocycles. The number of sulfonamides is 1. The highest BCUT2D eigenvalue weighted by molar-refractivity contribution is 7.92. The molecule has 6 nitrogen and oxygen atoms in total. The van der Waals surface area contributed by atoms with Crippen LogP contribution in [-0.2, 0) is 14.8 Å². The summed E-state index contributed by atoms with van der Waals surface area (Å²) in [6, 6.07) is 15.6.